The van der Waals surface area contributed by atoms with E-state index in [4.69, 9.17) is 35.0 Å². The fourth-order valence-electron chi connectivity index (χ4n) is 1.89. The first-order chi connectivity index (χ1) is 13.8. The first kappa shape index (κ1) is 26.6. The second-order valence-electron chi connectivity index (χ2n) is 6.11. The maximum Gasteiger partial charge on any atom is 0.931 e. The predicted molar refractivity (Wildman–Crippen MR) is 103 cm³/mol. The van der Waals surface area contributed by atoms with Crippen molar-refractivity contribution in [2.45, 2.75) is 59.3 Å². The van der Waals surface area contributed by atoms with Gasteiger partial charge in [-0.3, -0.25) is 13.6 Å². The average molecular weight is 510 g/mol. The molecule has 12 nitrogen and oxygen atoms in total. The number of unbranched alkanes of at least 4 members (excludes halogenated alkanes) is 3. The van der Waals surface area contributed by atoms with Gasteiger partial charge in [0.05, 0.1) is 19.8 Å². The monoisotopic (exact) mass is 510 g/mol. The quantitative estimate of drug-likeness (QED) is 0.159. The van der Waals surface area contributed by atoms with Crippen molar-refractivity contribution in [3.05, 3.63) is 0 Å². The Balaban J connectivity index is 1.82. The minimum atomic E-state index is -4.20. The van der Waals surface area contributed by atoms with Crippen LogP contribution in [0.15, 0.2) is 0 Å². The SMILES string of the molecule is CCCCOP1(=O)[O][Al]([O]P(=O)(OCCCC)[O][Al]2[O]P(=O)(OCCCC)[O]2)[O]1. The molecule has 0 aromatic carbocycles. The molecule has 2 rings (SSSR count). The topological polar surface area (TPSA) is 134 Å². The molecule has 2 aliphatic heterocycles. The molecule has 2 aliphatic rings. The summed E-state index contributed by atoms with van der Waals surface area (Å²) in [5.41, 5.74) is 0. The normalized spacial score (nSPS) is 20.4. The summed E-state index contributed by atoms with van der Waals surface area (Å²) in [5.74, 6) is 0. The molecule has 2 fully saturated rings. The number of phosphoric acid groups is 3. The third-order valence-electron chi connectivity index (χ3n) is 3.53. The van der Waals surface area contributed by atoms with Gasteiger partial charge in [0.1, 0.15) is 0 Å². The van der Waals surface area contributed by atoms with Gasteiger partial charge < -0.3 is 21.5 Å². The van der Waals surface area contributed by atoms with Crippen LogP contribution in [-0.2, 0) is 48.7 Å². The van der Waals surface area contributed by atoms with Crippen LogP contribution >= 0.6 is 23.5 Å². The van der Waals surface area contributed by atoms with Gasteiger partial charge in [-0.05, 0) is 19.3 Å². The molecule has 0 saturated carbocycles. The number of hydrogen-bond acceptors (Lipinski definition) is 12. The fourth-order valence-corrected chi connectivity index (χ4v) is 12.2. The molecule has 0 spiro atoms. The standard InChI is InChI=1S/3C4H11O4P.2Al/c3*1-2-3-4-8-9(5,6)7;;/h3*2-4H2,1H3,(H2,5,6,7);;/q;;;2*+3/p-6. The largest absolute Gasteiger partial charge is 0.931 e. The van der Waals surface area contributed by atoms with E-state index in [0.717, 1.165) is 19.3 Å². The summed E-state index contributed by atoms with van der Waals surface area (Å²) < 4.78 is 82.8. The first-order valence-corrected chi connectivity index (χ1v) is 16.8. The number of hydrogen-bond donors (Lipinski definition) is 0. The molecule has 0 atom stereocenters. The zero-order valence-electron chi connectivity index (χ0n) is 16.8. The Bertz CT molecular complexity index is 586. The molecule has 0 aromatic heterocycles. The molecular weight excluding hydrogens is 483 g/mol. The zero-order chi connectivity index (χ0) is 21.4. The smallest absolute Gasteiger partial charge is 0.364 e. The van der Waals surface area contributed by atoms with E-state index in [9.17, 15) is 13.7 Å². The van der Waals surface area contributed by atoms with Crippen LogP contribution in [0.25, 0.3) is 0 Å². The summed E-state index contributed by atoms with van der Waals surface area (Å²) in [4.78, 5) is 0. The Morgan fingerprint density at radius 3 is 1.48 bits per heavy atom. The second-order valence-corrected chi connectivity index (χ2v) is 15.8. The third kappa shape index (κ3) is 9.04. The molecule has 0 amide bonds. The highest BCUT2D eigenvalue weighted by molar-refractivity contribution is 7.57. The van der Waals surface area contributed by atoms with Crippen molar-refractivity contribution in [1.29, 1.82) is 0 Å². The van der Waals surface area contributed by atoms with E-state index in [1.165, 1.54) is 0 Å². The Hall–Kier alpha value is 1.39. The van der Waals surface area contributed by atoms with Crippen molar-refractivity contribution in [1.82, 2.24) is 0 Å². The van der Waals surface area contributed by atoms with Crippen LogP contribution in [0.2, 0.25) is 0 Å². The van der Waals surface area contributed by atoms with Gasteiger partial charge in [0.2, 0.25) is 0 Å². The molecule has 0 aliphatic carbocycles. The van der Waals surface area contributed by atoms with Crippen LogP contribution in [0.1, 0.15) is 59.3 Å². The van der Waals surface area contributed by atoms with E-state index in [1.807, 2.05) is 20.8 Å². The summed E-state index contributed by atoms with van der Waals surface area (Å²) in [6.07, 6.45) is 4.45. The van der Waals surface area contributed by atoms with Gasteiger partial charge in [0.25, 0.3) is 0 Å². The summed E-state index contributed by atoms with van der Waals surface area (Å²) in [7, 11) is -11.5. The molecule has 0 bridgehead atoms. The van der Waals surface area contributed by atoms with E-state index in [-0.39, 0.29) is 19.8 Å². The van der Waals surface area contributed by atoms with Crippen LogP contribution in [0, 0.1) is 0 Å². The second kappa shape index (κ2) is 12.6. The highest BCUT2D eigenvalue weighted by Crippen LogP contribution is 2.66. The molecule has 0 N–H and O–H groups in total. The van der Waals surface area contributed by atoms with Gasteiger partial charge in [-0.25, -0.2) is 13.7 Å². The van der Waals surface area contributed by atoms with Gasteiger partial charge in [-0.2, -0.15) is 0 Å². The fraction of sp³-hybridized carbons (Fsp3) is 1.00. The maximum absolute atomic E-state index is 12.9. The Morgan fingerprint density at radius 1 is 0.724 bits per heavy atom. The highest BCUT2D eigenvalue weighted by atomic mass is 31.2. The molecule has 168 valence electrons. The van der Waals surface area contributed by atoms with E-state index in [0.29, 0.717) is 19.3 Å². The van der Waals surface area contributed by atoms with Crippen LogP contribution in [0.5, 0.6) is 0 Å². The van der Waals surface area contributed by atoms with E-state index >= 15 is 0 Å². The molecule has 2 saturated heterocycles. The Kier molecular flexibility index (Phi) is 11.6. The van der Waals surface area contributed by atoms with Crippen molar-refractivity contribution in [3.63, 3.8) is 0 Å². The van der Waals surface area contributed by atoms with Crippen LogP contribution in [0.3, 0.4) is 0 Å². The summed E-state index contributed by atoms with van der Waals surface area (Å²) in [5, 5.41) is 0. The van der Waals surface area contributed by atoms with E-state index < -0.39 is 53.8 Å². The maximum atomic E-state index is 12.9. The van der Waals surface area contributed by atoms with Crippen molar-refractivity contribution in [2.24, 2.45) is 0 Å². The predicted octanol–water partition coefficient (Wildman–Crippen LogP) is 4.86. The van der Waals surface area contributed by atoms with Crippen LogP contribution < -0.4 is 0 Å². The minimum Gasteiger partial charge on any atom is -0.364 e. The summed E-state index contributed by atoms with van der Waals surface area (Å²) in [6, 6.07) is 0. The molecule has 0 radical (unpaired) electrons. The molecular formula is C12H27Al2O12P3. The van der Waals surface area contributed by atoms with Gasteiger partial charge >= 0.3 is 53.8 Å². The highest BCUT2D eigenvalue weighted by Gasteiger charge is 2.64. The lowest BCUT2D eigenvalue weighted by Gasteiger charge is -2.34. The Morgan fingerprint density at radius 2 is 1.10 bits per heavy atom. The third-order valence-corrected chi connectivity index (χ3v) is 15.4. The van der Waals surface area contributed by atoms with Crippen molar-refractivity contribution >= 4 is 53.8 Å². The molecule has 17 heteroatoms. The first-order valence-electron chi connectivity index (χ1n) is 9.59. The van der Waals surface area contributed by atoms with Gasteiger partial charge in [0.15, 0.2) is 0 Å². The average Bonchev–Trinajstić information content (AvgIpc) is 2.60. The van der Waals surface area contributed by atoms with Crippen molar-refractivity contribution in [2.75, 3.05) is 19.8 Å². The molecule has 0 unspecified atom stereocenters. The lowest BCUT2D eigenvalue weighted by Crippen LogP contribution is -2.38. The van der Waals surface area contributed by atoms with Gasteiger partial charge in [-0.1, -0.05) is 40.0 Å². The lowest BCUT2D eigenvalue weighted by molar-refractivity contribution is 0.0831. The minimum absolute atomic E-state index is 0.0747. The number of rotatable bonds is 16. The van der Waals surface area contributed by atoms with Gasteiger partial charge in [0, 0.05) is 0 Å². The lowest BCUT2D eigenvalue weighted by atomic mass is 10.4. The van der Waals surface area contributed by atoms with Crippen LogP contribution in [-0.4, -0.2) is 50.1 Å². The molecule has 29 heavy (non-hydrogen) atoms. The molecule has 2 heterocycles. The Labute approximate surface area is 181 Å². The summed E-state index contributed by atoms with van der Waals surface area (Å²) in [6.45, 7) is 6.31. The van der Waals surface area contributed by atoms with Crippen molar-refractivity contribution in [3.8, 4) is 0 Å². The zero-order valence-corrected chi connectivity index (χ0v) is 21.8. The molecule has 0 aromatic rings. The van der Waals surface area contributed by atoms with E-state index in [2.05, 4.69) is 0 Å². The van der Waals surface area contributed by atoms with Gasteiger partial charge in [-0.15, -0.1) is 0 Å². The van der Waals surface area contributed by atoms with Crippen molar-refractivity contribution < 1.29 is 48.7 Å². The van der Waals surface area contributed by atoms with E-state index in [1.54, 1.807) is 0 Å². The van der Waals surface area contributed by atoms with Crippen LogP contribution in [0.4, 0.5) is 0 Å². The summed E-state index contributed by atoms with van der Waals surface area (Å²) >= 11 is -6.09.